The Hall–Kier alpha value is -1.91. The summed E-state index contributed by atoms with van der Waals surface area (Å²) >= 11 is 0. The molecule has 0 spiro atoms. The highest BCUT2D eigenvalue weighted by atomic mass is 19.1. The van der Waals surface area contributed by atoms with Gasteiger partial charge in [-0.05, 0) is 30.9 Å². The van der Waals surface area contributed by atoms with Crippen molar-refractivity contribution in [2.24, 2.45) is 5.92 Å². The standard InChI is InChI=1S/C20H29FN2O2/c1-14(2)18(23-19(24)16-12-8-9-13-17(16)21)20(25)22-15-10-6-4-3-5-7-11-15/h8-9,12-15,18H,3-7,10-11H2,1-2H3,(H,22,25)(H,23,24)/t18-/m1/s1. The molecule has 2 rings (SSSR count). The van der Waals surface area contributed by atoms with Crippen molar-refractivity contribution in [2.75, 3.05) is 0 Å². The van der Waals surface area contributed by atoms with Crippen molar-refractivity contribution in [3.05, 3.63) is 35.6 Å². The van der Waals surface area contributed by atoms with Crippen molar-refractivity contribution < 1.29 is 14.0 Å². The zero-order valence-corrected chi connectivity index (χ0v) is 15.2. The molecule has 1 aliphatic carbocycles. The van der Waals surface area contributed by atoms with Crippen molar-refractivity contribution in [2.45, 2.75) is 70.9 Å². The van der Waals surface area contributed by atoms with Gasteiger partial charge in [-0.1, -0.05) is 58.1 Å². The molecule has 25 heavy (non-hydrogen) atoms. The molecule has 138 valence electrons. The first-order valence-corrected chi connectivity index (χ1v) is 9.35. The molecular weight excluding hydrogens is 319 g/mol. The average molecular weight is 348 g/mol. The van der Waals surface area contributed by atoms with Crippen LogP contribution in [0.5, 0.6) is 0 Å². The summed E-state index contributed by atoms with van der Waals surface area (Å²) in [5, 5.41) is 5.79. The minimum absolute atomic E-state index is 0.0353. The molecule has 0 saturated heterocycles. The molecule has 0 aliphatic heterocycles. The van der Waals surface area contributed by atoms with Crippen molar-refractivity contribution in [1.29, 1.82) is 0 Å². The third-order valence-corrected chi connectivity index (χ3v) is 4.81. The Bertz CT molecular complexity index is 581. The van der Waals surface area contributed by atoms with Gasteiger partial charge < -0.3 is 10.6 Å². The minimum Gasteiger partial charge on any atom is -0.352 e. The van der Waals surface area contributed by atoms with Gasteiger partial charge in [0.2, 0.25) is 5.91 Å². The highest BCUT2D eigenvalue weighted by molar-refractivity contribution is 5.97. The van der Waals surface area contributed by atoms with Crippen molar-refractivity contribution >= 4 is 11.8 Å². The predicted molar refractivity (Wildman–Crippen MR) is 96.7 cm³/mol. The number of rotatable bonds is 5. The first-order valence-electron chi connectivity index (χ1n) is 9.35. The van der Waals surface area contributed by atoms with E-state index >= 15 is 0 Å². The molecule has 2 amide bonds. The molecule has 0 bridgehead atoms. The van der Waals surface area contributed by atoms with Gasteiger partial charge in [0.15, 0.2) is 0 Å². The predicted octanol–water partition coefficient (Wildman–Crippen LogP) is 3.81. The molecule has 1 aromatic rings. The lowest BCUT2D eigenvalue weighted by Gasteiger charge is -2.26. The van der Waals surface area contributed by atoms with Crippen LogP contribution in [0.1, 0.15) is 69.2 Å². The number of amides is 2. The zero-order valence-electron chi connectivity index (χ0n) is 15.2. The molecule has 1 aromatic carbocycles. The fourth-order valence-electron chi connectivity index (χ4n) is 3.29. The highest BCUT2D eigenvalue weighted by Gasteiger charge is 2.27. The molecular formula is C20H29FN2O2. The van der Waals surface area contributed by atoms with Gasteiger partial charge >= 0.3 is 0 Å². The SMILES string of the molecule is CC(C)[C@@H](NC(=O)c1ccccc1F)C(=O)NC1CCCCCCC1. The van der Waals surface area contributed by atoms with E-state index in [-0.39, 0.29) is 23.4 Å². The summed E-state index contributed by atoms with van der Waals surface area (Å²) in [4.78, 5) is 25.0. The van der Waals surface area contributed by atoms with Gasteiger partial charge in [0, 0.05) is 6.04 Å². The summed E-state index contributed by atoms with van der Waals surface area (Å²) in [5.41, 5.74) is -0.0353. The second-order valence-electron chi connectivity index (χ2n) is 7.23. The Morgan fingerprint density at radius 2 is 1.64 bits per heavy atom. The number of carbonyl (C=O) groups is 2. The lowest BCUT2D eigenvalue weighted by Crippen LogP contribution is -2.52. The van der Waals surface area contributed by atoms with E-state index in [0.717, 1.165) is 25.7 Å². The van der Waals surface area contributed by atoms with Crippen LogP contribution in [0.4, 0.5) is 4.39 Å². The van der Waals surface area contributed by atoms with Gasteiger partial charge in [-0.2, -0.15) is 0 Å². The van der Waals surface area contributed by atoms with E-state index in [0.29, 0.717) is 0 Å². The Morgan fingerprint density at radius 1 is 1.04 bits per heavy atom. The maximum absolute atomic E-state index is 13.8. The fraction of sp³-hybridized carbons (Fsp3) is 0.600. The van der Waals surface area contributed by atoms with Crippen molar-refractivity contribution in [3.63, 3.8) is 0 Å². The highest BCUT2D eigenvalue weighted by Crippen LogP contribution is 2.17. The van der Waals surface area contributed by atoms with Crippen LogP contribution in [0.15, 0.2) is 24.3 Å². The van der Waals surface area contributed by atoms with Crippen LogP contribution in [-0.2, 0) is 4.79 Å². The normalized spacial score (nSPS) is 17.4. The summed E-state index contributed by atoms with van der Waals surface area (Å²) in [6.07, 6.45) is 7.91. The fourth-order valence-corrected chi connectivity index (χ4v) is 3.29. The van der Waals surface area contributed by atoms with Gasteiger partial charge in [-0.25, -0.2) is 4.39 Å². The van der Waals surface area contributed by atoms with Crippen LogP contribution in [0, 0.1) is 11.7 Å². The summed E-state index contributed by atoms with van der Waals surface area (Å²) < 4.78 is 13.8. The van der Waals surface area contributed by atoms with E-state index in [1.54, 1.807) is 6.07 Å². The molecule has 2 N–H and O–H groups in total. The van der Waals surface area contributed by atoms with Crippen molar-refractivity contribution in [1.82, 2.24) is 10.6 Å². The van der Waals surface area contributed by atoms with Gasteiger partial charge in [-0.3, -0.25) is 9.59 Å². The lowest BCUT2D eigenvalue weighted by molar-refractivity contribution is -0.124. The second kappa shape index (κ2) is 9.54. The molecule has 0 heterocycles. The van der Waals surface area contributed by atoms with E-state index < -0.39 is 17.8 Å². The van der Waals surface area contributed by atoms with Crippen molar-refractivity contribution in [3.8, 4) is 0 Å². The monoisotopic (exact) mass is 348 g/mol. The van der Waals surface area contributed by atoms with E-state index in [1.807, 2.05) is 13.8 Å². The van der Waals surface area contributed by atoms with Crippen LogP contribution in [0.25, 0.3) is 0 Å². The number of nitrogens with one attached hydrogen (secondary N) is 2. The molecule has 1 saturated carbocycles. The van der Waals surface area contributed by atoms with E-state index in [9.17, 15) is 14.0 Å². The van der Waals surface area contributed by atoms with Gasteiger partial charge in [0.1, 0.15) is 11.9 Å². The number of carbonyl (C=O) groups excluding carboxylic acids is 2. The van der Waals surface area contributed by atoms with Crippen LogP contribution < -0.4 is 10.6 Å². The average Bonchev–Trinajstić information content (AvgIpc) is 2.54. The first kappa shape index (κ1) is 19.4. The molecule has 5 heteroatoms. The maximum atomic E-state index is 13.8. The Kier molecular flexibility index (Phi) is 7.41. The second-order valence-corrected chi connectivity index (χ2v) is 7.23. The van der Waals surface area contributed by atoms with Crippen LogP contribution >= 0.6 is 0 Å². The Morgan fingerprint density at radius 3 is 2.24 bits per heavy atom. The molecule has 4 nitrogen and oxygen atoms in total. The smallest absolute Gasteiger partial charge is 0.254 e. The number of benzene rings is 1. The van der Waals surface area contributed by atoms with Gasteiger partial charge in [0.25, 0.3) is 5.91 Å². The zero-order chi connectivity index (χ0) is 18.2. The Labute approximate surface area is 149 Å². The largest absolute Gasteiger partial charge is 0.352 e. The van der Waals surface area contributed by atoms with E-state index in [2.05, 4.69) is 10.6 Å². The molecule has 0 aromatic heterocycles. The third kappa shape index (κ3) is 5.83. The quantitative estimate of drug-likeness (QED) is 0.850. The van der Waals surface area contributed by atoms with Gasteiger partial charge in [-0.15, -0.1) is 0 Å². The Balaban J connectivity index is 2.00. The maximum Gasteiger partial charge on any atom is 0.254 e. The van der Waals surface area contributed by atoms with Crippen LogP contribution in [-0.4, -0.2) is 23.9 Å². The molecule has 0 radical (unpaired) electrons. The van der Waals surface area contributed by atoms with Gasteiger partial charge in [0.05, 0.1) is 5.56 Å². The lowest BCUT2D eigenvalue weighted by atomic mass is 9.95. The summed E-state index contributed by atoms with van der Waals surface area (Å²) in [7, 11) is 0. The summed E-state index contributed by atoms with van der Waals surface area (Å²) in [6.45, 7) is 3.76. The van der Waals surface area contributed by atoms with E-state index in [1.165, 1.54) is 37.5 Å². The molecule has 1 atom stereocenters. The number of hydrogen-bond acceptors (Lipinski definition) is 2. The minimum atomic E-state index is -0.669. The third-order valence-electron chi connectivity index (χ3n) is 4.81. The number of hydrogen-bond donors (Lipinski definition) is 2. The molecule has 1 fully saturated rings. The molecule has 1 aliphatic rings. The van der Waals surface area contributed by atoms with Crippen LogP contribution in [0.3, 0.4) is 0 Å². The summed E-state index contributed by atoms with van der Waals surface area (Å²) in [5.74, 6) is -1.39. The summed E-state index contributed by atoms with van der Waals surface area (Å²) in [6, 6.07) is 5.31. The van der Waals surface area contributed by atoms with Crippen LogP contribution in [0.2, 0.25) is 0 Å². The number of halogens is 1. The molecule has 0 unspecified atom stereocenters. The van der Waals surface area contributed by atoms with E-state index in [4.69, 9.17) is 0 Å². The first-order chi connectivity index (χ1) is 12.0. The topological polar surface area (TPSA) is 58.2 Å².